The number of hydrogen-bond donors (Lipinski definition) is 2. The molecule has 30 heavy (non-hydrogen) atoms. The normalized spacial score (nSPS) is 26.3. The van der Waals surface area contributed by atoms with Gasteiger partial charge in [0.1, 0.15) is 0 Å². The van der Waals surface area contributed by atoms with Crippen LogP contribution in [0.15, 0.2) is 36.4 Å². The molecule has 4 heteroatoms. The Morgan fingerprint density at radius 3 is 2.80 bits per heavy atom. The van der Waals surface area contributed by atoms with Crippen LogP contribution in [0.2, 0.25) is 0 Å². The fourth-order valence-corrected chi connectivity index (χ4v) is 6.40. The van der Waals surface area contributed by atoms with Gasteiger partial charge in [-0.05, 0) is 61.8 Å². The first-order valence-corrected chi connectivity index (χ1v) is 11.3. The number of amides is 1. The lowest BCUT2D eigenvalue weighted by Gasteiger charge is -2.44. The SMILES string of the molecule is CCc1cc2c3c(c1)C1(NCCc4c1[nH]c1ccccc41)C(=O)N3C(C)(C)CC2C. The molecule has 1 amide bonds. The summed E-state index contributed by atoms with van der Waals surface area (Å²) in [4.78, 5) is 20.1. The Labute approximate surface area is 177 Å². The maximum Gasteiger partial charge on any atom is 0.258 e. The van der Waals surface area contributed by atoms with Crippen LogP contribution in [0, 0.1) is 0 Å². The number of anilines is 1. The predicted molar refractivity (Wildman–Crippen MR) is 121 cm³/mol. The van der Waals surface area contributed by atoms with Crippen molar-refractivity contribution in [3.05, 3.63) is 64.3 Å². The van der Waals surface area contributed by atoms with Gasteiger partial charge in [0.25, 0.3) is 5.91 Å². The van der Waals surface area contributed by atoms with Crippen molar-refractivity contribution in [3.63, 3.8) is 0 Å². The molecule has 0 radical (unpaired) electrons. The predicted octanol–water partition coefficient (Wildman–Crippen LogP) is 4.75. The van der Waals surface area contributed by atoms with Crippen molar-refractivity contribution in [1.29, 1.82) is 0 Å². The zero-order valence-corrected chi connectivity index (χ0v) is 18.2. The van der Waals surface area contributed by atoms with E-state index in [2.05, 4.69) is 79.3 Å². The Kier molecular flexibility index (Phi) is 3.49. The molecule has 0 aliphatic carbocycles. The first kappa shape index (κ1) is 18.2. The molecule has 2 aromatic carbocycles. The zero-order valence-electron chi connectivity index (χ0n) is 18.2. The van der Waals surface area contributed by atoms with Crippen LogP contribution in [0.3, 0.4) is 0 Å². The number of aromatic nitrogens is 1. The van der Waals surface area contributed by atoms with Crippen molar-refractivity contribution in [2.24, 2.45) is 0 Å². The summed E-state index contributed by atoms with van der Waals surface area (Å²) >= 11 is 0. The van der Waals surface area contributed by atoms with Crippen LogP contribution < -0.4 is 10.2 Å². The standard InChI is InChI=1S/C26H29N3O/c1-5-16-12-19-15(2)14-25(3,4)29-22(19)20(13-16)26(24(29)30)23-18(10-11-27-26)17-8-6-7-9-21(17)28-23/h6-9,12-13,15,27-28H,5,10-11,14H2,1-4H3. The Hall–Kier alpha value is -2.59. The molecule has 3 aliphatic rings. The molecule has 0 saturated heterocycles. The Morgan fingerprint density at radius 1 is 1.20 bits per heavy atom. The van der Waals surface area contributed by atoms with Crippen LogP contribution in [-0.2, 0) is 23.2 Å². The van der Waals surface area contributed by atoms with Crippen LogP contribution in [-0.4, -0.2) is 23.0 Å². The topological polar surface area (TPSA) is 48.1 Å². The van der Waals surface area contributed by atoms with E-state index < -0.39 is 5.54 Å². The van der Waals surface area contributed by atoms with Crippen molar-refractivity contribution in [3.8, 4) is 0 Å². The molecule has 2 atom stereocenters. The first-order valence-electron chi connectivity index (χ1n) is 11.3. The number of aryl methyl sites for hydroxylation is 1. The molecule has 3 aliphatic heterocycles. The number of hydrogen-bond acceptors (Lipinski definition) is 2. The minimum atomic E-state index is -0.816. The molecule has 1 aromatic heterocycles. The van der Waals surface area contributed by atoms with E-state index >= 15 is 0 Å². The minimum absolute atomic E-state index is 0.177. The summed E-state index contributed by atoms with van der Waals surface area (Å²) in [5.41, 5.74) is 7.38. The minimum Gasteiger partial charge on any atom is -0.356 e. The van der Waals surface area contributed by atoms with Crippen LogP contribution in [0.4, 0.5) is 5.69 Å². The molecule has 2 unspecified atom stereocenters. The number of aromatic amines is 1. The highest BCUT2D eigenvalue weighted by Crippen LogP contribution is 2.56. The average molecular weight is 400 g/mol. The van der Waals surface area contributed by atoms with Crippen LogP contribution >= 0.6 is 0 Å². The fourth-order valence-electron chi connectivity index (χ4n) is 6.40. The van der Waals surface area contributed by atoms with E-state index in [0.29, 0.717) is 5.92 Å². The van der Waals surface area contributed by atoms with Gasteiger partial charge < -0.3 is 9.88 Å². The number of H-pyrrole nitrogens is 1. The van der Waals surface area contributed by atoms with Crippen molar-refractivity contribution >= 4 is 22.5 Å². The largest absolute Gasteiger partial charge is 0.356 e. The van der Waals surface area contributed by atoms with Crippen molar-refractivity contribution in [1.82, 2.24) is 10.3 Å². The highest BCUT2D eigenvalue weighted by molar-refractivity contribution is 6.13. The monoisotopic (exact) mass is 399 g/mol. The van der Waals surface area contributed by atoms with Gasteiger partial charge in [-0.3, -0.25) is 10.1 Å². The van der Waals surface area contributed by atoms with Crippen molar-refractivity contribution < 1.29 is 4.79 Å². The Bertz CT molecular complexity index is 1220. The van der Waals surface area contributed by atoms with E-state index in [-0.39, 0.29) is 11.4 Å². The third-order valence-corrected chi connectivity index (χ3v) is 7.65. The van der Waals surface area contributed by atoms with Gasteiger partial charge in [0.2, 0.25) is 0 Å². The van der Waals surface area contributed by atoms with E-state index in [1.54, 1.807) is 0 Å². The highest BCUT2D eigenvalue weighted by Gasteiger charge is 2.60. The molecule has 0 bridgehead atoms. The van der Waals surface area contributed by atoms with Gasteiger partial charge in [-0.15, -0.1) is 0 Å². The van der Waals surface area contributed by atoms with E-state index in [4.69, 9.17) is 0 Å². The quantitative estimate of drug-likeness (QED) is 0.620. The fraction of sp³-hybridized carbons (Fsp3) is 0.423. The Morgan fingerprint density at radius 2 is 2.00 bits per heavy atom. The number of nitrogens with one attached hydrogen (secondary N) is 2. The maximum absolute atomic E-state index is 14.4. The third kappa shape index (κ3) is 2.03. The first-order chi connectivity index (χ1) is 14.4. The molecular formula is C26H29N3O. The summed E-state index contributed by atoms with van der Waals surface area (Å²) in [6.07, 6.45) is 2.89. The molecule has 0 saturated carbocycles. The lowest BCUT2D eigenvalue weighted by atomic mass is 9.78. The summed E-state index contributed by atoms with van der Waals surface area (Å²) in [5, 5.41) is 4.96. The van der Waals surface area contributed by atoms with Gasteiger partial charge in [0.05, 0.1) is 11.4 Å². The number of rotatable bonds is 1. The Balaban J connectivity index is 1.73. The summed E-state index contributed by atoms with van der Waals surface area (Å²) < 4.78 is 0. The third-order valence-electron chi connectivity index (χ3n) is 7.65. The number of para-hydroxylation sites is 1. The van der Waals surface area contributed by atoms with Gasteiger partial charge in [0, 0.05) is 28.6 Å². The van der Waals surface area contributed by atoms with E-state index in [1.165, 1.54) is 22.1 Å². The number of carbonyl (C=O) groups is 1. The molecule has 3 aromatic rings. The summed E-state index contributed by atoms with van der Waals surface area (Å²) in [6, 6.07) is 13.1. The molecule has 4 nitrogen and oxygen atoms in total. The molecule has 4 heterocycles. The van der Waals surface area contributed by atoms with Gasteiger partial charge in [0.15, 0.2) is 5.54 Å². The molecular weight excluding hydrogens is 370 g/mol. The van der Waals surface area contributed by atoms with E-state index in [0.717, 1.165) is 48.3 Å². The smallest absolute Gasteiger partial charge is 0.258 e. The lowest BCUT2D eigenvalue weighted by molar-refractivity contribution is -0.124. The molecule has 2 N–H and O–H groups in total. The van der Waals surface area contributed by atoms with Gasteiger partial charge >= 0.3 is 0 Å². The summed E-state index contributed by atoms with van der Waals surface area (Å²) in [6.45, 7) is 9.75. The summed E-state index contributed by atoms with van der Waals surface area (Å²) in [7, 11) is 0. The number of nitrogens with zero attached hydrogens (tertiary/aromatic N) is 1. The number of fused-ring (bicyclic) bond motifs is 5. The number of benzene rings is 2. The van der Waals surface area contributed by atoms with Gasteiger partial charge in [-0.1, -0.05) is 44.2 Å². The number of carbonyl (C=O) groups excluding carboxylic acids is 1. The second-order valence-electron chi connectivity index (χ2n) is 9.94. The summed E-state index contributed by atoms with van der Waals surface area (Å²) in [5.74, 6) is 0.613. The van der Waals surface area contributed by atoms with Crippen molar-refractivity contribution in [2.75, 3.05) is 11.4 Å². The lowest BCUT2D eigenvalue weighted by Crippen LogP contribution is -2.59. The van der Waals surface area contributed by atoms with Crippen LogP contribution in [0.5, 0.6) is 0 Å². The van der Waals surface area contributed by atoms with Crippen LogP contribution in [0.25, 0.3) is 10.9 Å². The van der Waals surface area contributed by atoms with Crippen LogP contribution in [0.1, 0.15) is 68.0 Å². The molecule has 1 spiro atoms. The van der Waals surface area contributed by atoms with Gasteiger partial charge in [-0.2, -0.15) is 0 Å². The molecule has 154 valence electrons. The van der Waals surface area contributed by atoms with E-state index in [1.807, 2.05) is 0 Å². The average Bonchev–Trinajstić information content (AvgIpc) is 3.22. The second kappa shape index (κ2) is 5.76. The molecule has 6 rings (SSSR count). The molecule has 0 fully saturated rings. The van der Waals surface area contributed by atoms with E-state index in [9.17, 15) is 4.79 Å². The highest BCUT2D eigenvalue weighted by atomic mass is 16.2. The maximum atomic E-state index is 14.4. The van der Waals surface area contributed by atoms with Gasteiger partial charge in [-0.25, -0.2) is 0 Å². The van der Waals surface area contributed by atoms with Crippen molar-refractivity contribution in [2.45, 2.75) is 64.0 Å². The second-order valence-corrected chi connectivity index (χ2v) is 9.94. The zero-order chi connectivity index (χ0) is 20.8.